The van der Waals surface area contributed by atoms with Crippen molar-refractivity contribution in [2.75, 3.05) is 6.61 Å². The van der Waals surface area contributed by atoms with Crippen LogP contribution in [0.4, 0.5) is 8.78 Å². The van der Waals surface area contributed by atoms with Crippen LogP contribution >= 0.6 is 0 Å². The van der Waals surface area contributed by atoms with Gasteiger partial charge in [0.15, 0.2) is 11.6 Å². The molecule has 1 saturated carbocycles. The zero-order valence-corrected chi connectivity index (χ0v) is 19.1. The summed E-state index contributed by atoms with van der Waals surface area (Å²) in [6, 6.07) is 3.02. The number of carbonyl (C=O) groups excluding carboxylic acids is 1. The molecule has 1 heterocycles. The van der Waals surface area contributed by atoms with Gasteiger partial charge in [0.25, 0.3) is 0 Å². The van der Waals surface area contributed by atoms with Gasteiger partial charge in [0.05, 0.1) is 12.5 Å². The van der Waals surface area contributed by atoms with Crippen molar-refractivity contribution in [3.8, 4) is 5.75 Å². The lowest BCUT2D eigenvalue weighted by molar-refractivity contribution is -0.165. The zero-order valence-electron chi connectivity index (χ0n) is 19.1. The number of esters is 1. The summed E-state index contributed by atoms with van der Waals surface area (Å²) in [5, 5.41) is 0. The number of ether oxygens (including phenoxy) is 2. The van der Waals surface area contributed by atoms with E-state index < -0.39 is 11.6 Å². The molecule has 5 heteroatoms. The first-order chi connectivity index (χ1) is 15.0. The van der Waals surface area contributed by atoms with Crippen LogP contribution in [0.25, 0.3) is 0 Å². The maximum absolute atomic E-state index is 14.3. The Morgan fingerprint density at radius 3 is 2.42 bits per heavy atom. The van der Waals surface area contributed by atoms with Crippen LogP contribution in [0.5, 0.6) is 5.75 Å². The Morgan fingerprint density at radius 1 is 0.968 bits per heavy atom. The van der Waals surface area contributed by atoms with Crippen LogP contribution in [-0.2, 0) is 16.0 Å². The molecule has 2 fully saturated rings. The lowest BCUT2D eigenvalue weighted by Crippen LogP contribution is -2.37. The molecule has 2 aliphatic rings. The van der Waals surface area contributed by atoms with Gasteiger partial charge in [-0.2, -0.15) is 4.39 Å². The summed E-state index contributed by atoms with van der Waals surface area (Å²) < 4.78 is 39.3. The third kappa shape index (κ3) is 6.43. The molecule has 1 saturated heterocycles. The molecular formula is C26H38F2O3. The number of cyclic esters (lactones) is 1. The maximum atomic E-state index is 14.3. The molecule has 174 valence electrons. The van der Waals surface area contributed by atoms with Gasteiger partial charge < -0.3 is 9.47 Å². The fourth-order valence-corrected chi connectivity index (χ4v) is 5.27. The second kappa shape index (κ2) is 11.8. The summed E-state index contributed by atoms with van der Waals surface area (Å²) in [6.45, 7) is 4.26. The first kappa shape index (κ1) is 24.0. The first-order valence-electron chi connectivity index (χ1n) is 12.3. The summed E-state index contributed by atoms with van der Waals surface area (Å²) >= 11 is 0. The lowest BCUT2D eigenvalue weighted by atomic mass is 9.75. The zero-order chi connectivity index (χ0) is 22.2. The molecule has 1 aromatic rings. The molecule has 1 aromatic carbocycles. The van der Waals surface area contributed by atoms with Crippen molar-refractivity contribution in [2.24, 2.45) is 17.8 Å². The molecule has 2 unspecified atom stereocenters. The van der Waals surface area contributed by atoms with E-state index in [1.54, 1.807) is 13.0 Å². The van der Waals surface area contributed by atoms with E-state index in [0.717, 1.165) is 31.6 Å². The Labute approximate surface area is 185 Å². The van der Waals surface area contributed by atoms with Gasteiger partial charge in [-0.25, -0.2) is 4.39 Å². The van der Waals surface area contributed by atoms with Crippen molar-refractivity contribution >= 4 is 5.97 Å². The van der Waals surface area contributed by atoms with E-state index in [-0.39, 0.29) is 35.9 Å². The first-order valence-corrected chi connectivity index (χ1v) is 12.3. The Hall–Kier alpha value is -1.65. The fraction of sp³-hybridized carbons (Fsp3) is 0.731. The quantitative estimate of drug-likeness (QED) is 0.292. The number of hydrogen-bond donors (Lipinski definition) is 0. The van der Waals surface area contributed by atoms with Crippen molar-refractivity contribution in [3.63, 3.8) is 0 Å². The van der Waals surface area contributed by atoms with Crippen molar-refractivity contribution in [1.82, 2.24) is 0 Å². The van der Waals surface area contributed by atoms with E-state index in [2.05, 4.69) is 6.92 Å². The summed E-state index contributed by atoms with van der Waals surface area (Å²) in [4.78, 5) is 12.6. The molecule has 0 radical (unpaired) electrons. The van der Waals surface area contributed by atoms with Crippen molar-refractivity contribution in [2.45, 2.75) is 97.0 Å². The summed E-state index contributed by atoms with van der Waals surface area (Å²) in [5.74, 6) is -0.934. The predicted octanol–water partition coefficient (Wildman–Crippen LogP) is 7.00. The molecule has 2 atom stereocenters. The van der Waals surface area contributed by atoms with Crippen LogP contribution in [0.3, 0.4) is 0 Å². The second-order valence-electron chi connectivity index (χ2n) is 9.35. The minimum absolute atomic E-state index is 0.0417. The molecule has 1 aliphatic carbocycles. The number of benzene rings is 1. The number of aryl methyl sites for hydroxylation is 1. The van der Waals surface area contributed by atoms with Crippen molar-refractivity contribution in [3.05, 3.63) is 29.3 Å². The van der Waals surface area contributed by atoms with E-state index in [0.29, 0.717) is 18.8 Å². The normalized spacial score (nSPS) is 26.5. The Bertz CT molecular complexity index is 713. The van der Waals surface area contributed by atoms with E-state index in [1.165, 1.54) is 44.6 Å². The summed E-state index contributed by atoms with van der Waals surface area (Å²) in [7, 11) is 0. The van der Waals surface area contributed by atoms with Crippen LogP contribution in [0.1, 0.15) is 90.0 Å². The van der Waals surface area contributed by atoms with Crippen LogP contribution in [-0.4, -0.2) is 18.7 Å². The molecule has 0 amide bonds. The number of hydrogen-bond acceptors (Lipinski definition) is 3. The summed E-state index contributed by atoms with van der Waals surface area (Å²) in [5.41, 5.74) is 0.289. The van der Waals surface area contributed by atoms with E-state index in [1.807, 2.05) is 0 Å². The van der Waals surface area contributed by atoms with Crippen molar-refractivity contribution in [1.29, 1.82) is 0 Å². The molecule has 1 aliphatic heterocycles. The van der Waals surface area contributed by atoms with Gasteiger partial charge in [-0.15, -0.1) is 0 Å². The van der Waals surface area contributed by atoms with Gasteiger partial charge in [0.1, 0.15) is 6.10 Å². The standard InChI is InChI=1S/C26H38F2O3/c1-3-5-6-7-18-8-10-19(11-9-18)22-16-15-21(26(29)31-22)13-12-20-14-17-23(30-4-2)25(28)24(20)27/h14,17-19,21-22H,3-13,15-16H2,1-2H3. The van der Waals surface area contributed by atoms with Crippen LogP contribution in [0.15, 0.2) is 12.1 Å². The van der Waals surface area contributed by atoms with E-state index in [9.17, 15) is 13.6 Å². The number of carbonyl (C=O) groups is 1. The van der Waals surface area contributed by atoms with Crippen LogP contribution in [0.2, 0.25) is 0 Å². The predicted molar refractivity (Wildman–Crippen MR) is 118 cm³/mol. The molecule has 0 bridgehead atoms. The molecule has 31 heavy (non-hydrogen) atoms. The fourth-order valence-electron chi connectivity index (χ4n) is 5.27. The highest BCUT2D eigenvalue weighted by Crippen LogP contribution is 2.38. The minimum atomic E-state index is -0.948. The Balaban J connectivity index is 1.44. The van der Waals surface area contributed by atoms with Crippen molar-refractivity contribution < 1.29 is 23.0 Å². The van der Waals surface area contributed by atoms with Gasteiger partial charge in [-0.3, -0.25) is 4.79 Å². The average molecular weight is 437 g/mol. The molecule has 3 rings (SSSR count). The molecular weight excluding hydrogens is 398 g/mol. The number of halogens is 2. The van der Waals surface area contributed by atoms with Gasteiger partial charge in [0.2, 0.25) is 5.82 Å². The van der Waals surface area contributed by atoms with E-state index >= 15 is 0 Å². The van der Waals surface area contributed by atoms with Gasteiger partial charge >= 0.3 is 5.97 Å². The van der Waals surface area contributed by atoms with E-state index in [4.69, 9.17) is 9.47 Å². The maximum Gasteiger partial charge on any atom is 0.309 e. The molecule has 0 spiro atoms. The highest BCUT2D eigenvalue weighted by Gasteiger charge is 2.36. The third-order valence-electron chi connectivity index (χ3n) is 7.22. The van der Waals surface area contributed by atoms with Crippen LogP contribution in [0, 0.1) is 29.4 Å². The molecule has 3 nitrogen and oxygen atoms in total. The highest BCUT2D eigenvalue weighted by molar-refractivity contribution is 5.73. The highest BCUT2D eigenvalue weighted by atomic mass is 19.2. The smallest absolute Gasteiger partial charge is 0.309 e. The third-order valence-corrected chi connectivity index (χ3v) is 7.22. The van der Waals surface area contributed by atoms with Crippen LogP contribution < -0.4 is 4.74 Å². The minimum Gasteiger partial charge on any atom is -0.491 e. The SMILES string of the molecule is CCCCCC1CCC(C2CCC(CCc3ccc(OCC)c(F)c3F)C(=O)O2)CC1. The Morgan fingerprint density at radius 2 is 1.74 bits per heavy atom. The van der Waals surface area contributed by atoms with Gasteiger partial charge in [-0.05, 0) is 68.9 Å². The largest absolute Gasteiger partial charge is 0.491 e. The second-order valence-corrected chi connectivity index (χ2v) is 9.35. The van der Waals surface area contributed by atoms with Gasteiger partial charge in [-0.1, -0.05) is 51.5 Å². The summed E-state index contributed by atoms with van der Waals surface area (Å²) in [6.07, 6.45) is 12.6. The topological polar surface area (TPSA) is 35.5 Å². The lowest BCUT2D eigenvalue weighted by Gasteiger charge is -2.37. The molecule has 0 N–H and O–H groups in total. The average Bonchev–Trinajstić information content (AvgIpc) is 2.78. The number of unbranched alkanes of at least 4 members (excludes halogenated alkanes) is 2. The number of rotatable bonds is 10. The van der Waals surface area contributed by atoms with Gasteiger partial charge in [0, 0.05) is 0 Å². The monoisotopic (exact) mass is 436 g/mol. The molecule has 0 aromatic heterocycles. The Kier molecular flexibility index (Phi) is 9.15.